The smallest absolute Gasteiger partial charge is 0.318 e. The quantitative estimate of drug-likeness (QED) is 0.739. The molecule has 0 aromatic heterocycles. The van der Waals surface area contributed by atoms with E-state index in [4.69, 9.17) is 15.6 Å². The third-order valence-electron chi connectivity index (χ3n) is 2.91. The third-order valence-corrected chi connectivity index (χ3v) is 4.93. The van der Waals surface area contributed by atoms with Crippen molar-refractivity contribution in [1.29, 1.82) is 0 Å². The normalized spacial score (nSPS) is 11.7. The minimum Gasteiger partial charge on any atom is -0.496 e. The number of ether oxygens (including phenoxy) is 1. The summed E-state index contributed by atoms with van der Waals surface area (Å²) in [5.74, 6) is -1.98. The Balaban J connectivity index is 3.41. The van der Waals surface area contributed by atoms with Crippen LogP contribution in [0.1, 0.15) is 24.2 Å². The van der Waals surface area contributed by atoms with E-state index in [1.165, 1.54) is 19.2 Å². The summed E-state index contributed by atoms with van der Waals surface area (Å²) in [6, 6.07) is 3.04. The first-order valence-corrected chi connectivity index (χ1v) is 7.76. The van der Waals surface area contributed by atoms with E-state index in [0.717, 1.165) is 10.4 Å². The predicted molar refractivity (Wildman–Crippen MR) is 78.2 cm³/mol. The van der Waals surface area contributed by atoms with Crippen molar-refractivity contribution in [3.63, 3.8) is 0 Å². The van der Waals surface area contributed by atoms with Gasteiger partial charge in [0.25, 0.3) is 5.91 Å². The van der Waals surface area contributed by atoms with Crippen LogP contribution in [-0.2, 0) is 14.8 Å². The molecule has 0 radical (unpaired) electrons. The second-order valence-corrected chi connectivity index (χ2v) is 6.65. The third kappa shape index (κ3) is 3.74. The number of rotatable bonds is 7. The fraction of sp³-hybridized carbons (Fsp3) is 0.385. The van der Waals surface area contributed by atoms with Crippen molar-refractivity contribution in [3.05, 3.63) is 23.8 Å². The molecule has 9 heteroatoms. The van der Waals surface area contributed by atoms with Gasteiger partial charge in [0.1, 0.15) is 12.3 Å². The first-order valence-electron chi connectivity index (χ1n) is 6.32. The number of carbonyl (C=O) groups excluding carboxylic acids is 1. The van der Waals surface area contributed by atoms with Crippen LogP contribution < -0.4 is 10.5 Å². The van der Waals surface area contributed by atoms with Crippen LogP contribution in [0, 0.1) is 0 Å². The zero-order chi connectivity index (χ0) is 17.1. The Morgan fingerprint density at radius 3 is 2.36 bits per heavy atom. The molecule has 122 valence electrons. The van der Waals surface area contributed by atoms with Crippen LogP contribution in [-0.4, -0.2) is 49.4 Å². The average Bonchev–Trinajstić information content (AvgIpc) is 2.43. The number of aliphatic carboxylic acids is 1. The van der Waals surface area contributed by atoms with Gasteiger partial charge in [0, 0.05) is 6.04 Å². The minimum absolute atomic E-state index is 0.0948. The monoisotopic (exact) mass is 330 g/mol. The average molecular weight is 330 g/mol. The van der Waals surface area contributed by atoms with Crippen LogP contribution in [0.15, 0.2) is 23.1 Å². The van der Waals surface area contributed by atoms with Gasteiger partial charge in [-0.05, 0) is 32.0 Å². The summed E-state index contributed by atoms with van der Waals surface area (Å²) in [6.07, 6.45) is 0. The number of carboxylic acid groups (broad SMARTS) is 1. The zero-order valence-electron chi connectivity index (χ0n) is 12.4. The lowest BCUT2D eigenvalue weighted by atomic mass is 10.2. The largest absolute Gasteiger partial charge is 0.496 e. The van der Waals surface area contributed by atoms with Gasteiger partial charge in [0.2, 0.25) is 10.0 Å². The van der Waals surface area contributed by atoms with Crippen LogP contribution in [0.2, 0.25) is 0 Å². The van der Waals surface area contributed by atoms with Gasteiger partial charge in [-0.15, -0.1) is 0 Å². The van der Waals surface area contributed by atoms with Crippen molar-refractivity contribution in [2.24, 2.45) is 5.73 Å². The molecule has 1 aromatic rings. The molecule has 1 amide bonds. The summed E-state index contributed by atoms with van der Waals surface area (Å²) >= 11 is 0. The van der Waals surface area contributed by atoms with E-state index in [1.807, 2.05) is 0 Å². The number of nitrogens with two attached hydrogens (primary N) is 1. The molecule has 0 aliphatic rings. The Morgan fingerprint density at radius 2 is 1.95 bits per heavy atom. The van der Waals surface area contributed by atoms with E-state index < -0.39 is 34.5 Å². The Morgan fingerprint density at radius 1 is 1.36 bits per heavy atom. The fourth-order valence-corrected chi connectivity index (χ4v) is 3.47. The second-order valence-electron chi connectivity index (χ2n) is 4.76. The maximum absolute atomic E-state index is 12.6. The van der Waals surface area contributed by atoms with Crippen LogP contribution in [0.5, 0.6) is 5.75 Å². The van der Waals surface area contributed by atoms with Gasteiger partial charge >= 0.3 is 5.97 Å². The number of nitrogens with zero attached hydrogens (tertiary/aromatic N) is 1. The van der Waals surface area contributed by atoms with Gasteiger partial charge in [-0.25, -0.2) is 8.42 Å². The molecule has 0 bridgehead atoms. The number of methoxy groups -OCH3 is 1. The van der Waals surface area contributed by atoms with Gasteiger partial charge in [-0.2, -0.15) is 4.31 Å². The molecule has 0 aliphatic heterocycles. The Labute approximate surface area is 128 Å². The van der Waals surface area contributed by atoms with E-state index >= 15 is 0 Å². The predicted octanol–water partition coefficient (Wildman–Crippen LogP) is 0.278. The molecular formula is C13H18N2O6S. The summed E-state index contributed by atoms with van der Waals surface area (Å²) in [4.78, 5) is 22.0. The molecule has 22 heavy (non-hydrogen) atoms. The molecule has 1 rings (SSSR count). The van der Waals surface area contributed by atoms with Crippen LogP contribution in [0.4, 0.5) is 0 Å². The van der Waals surface area contributed by atoms with Crippen LogP contribution >= 0.6 is 0 Å². The number of primary amides is 1. The number of hydrogen-bond acceptors (Lipinski definition) is 5. The maximum Gasteiger partial charge on any atom is 0.318 e. The Bertz CT molecular complexity index is 684. The topological polar surface area (TPSA) is 127 Å². The lowest BCUT2D eigenvalue weighted by Crippen LogP contribution is -2.40. The highest BCUT2D eigenvalue weighted by molar-refractivity contribution is 7.89. The molecular weight excluding hydrogens is 312 g/mol. The fourth-order valence-electron chi connectivity index (χ4n) is 1.85. The summed E-state index contributed by atoms with van der Waals surface area (Å²) in [5, 5.41) is 8.87. The molecule has 0 saturated carbocycles. The van der Waals surface area contributed by atoms with Crippen molar-refractivity contribution in [1.82, 2.24) is 4.31 Å². The highest BCUT2D eigenvalue weighted by Crippen LogP contribution is 2.25. The highest BCUT2D eigenvalue weighted by Gasteiger charge is 2.30. The Hall–Kier alpha value is -2.13. The maximum atomic E-state index is 12.6. The molecule has 0 spiro atoms. The summed E-state index contributed by atoms with van der Waals surface area (Å²) in [7, 11) is -2.77. The lowest BCUT2D eigenvalue weighted by molar-refractivity contribution is -0.137. The zero-order valence-corrected chi connectivity index (χ0v) is 13.3. The number of benzene rings is 1. The van der Waals surface area contributed by atoms with Crippen molar-refractivity contribution in [3.8, 4) is 5.75 Å². The van der Waals surface area contributed by atoms with Gasteiger partial charge in [0.05, 0.1) is 17.6 Å². The van der Waals surface area contributed by atoms with E-state index in [1.54, 1.807) is 13.8 Å². The number of carboxylic acids is 1. The molecule has 8 nitrogen and oxygen atoms in total. The molecule has 1 aromatic carbocycles. The van der Waals surface area contributed by atoms with Gasteiger partial charge in [0.15, 0.2) is 0 Å². The van der Waals surface area contributed by atoms with Crippen molar-refractivity contribution >= 4 is 21.9 Å². The van der Waals surface area contributed by atoms with Crippen LogP contribution in [0.3, 0.4) is 0 Å². The molecule has 0 heterocycles. The second kappa shape index (κ2) is 6.75. The van der Waals surface area contributed by atoms with Crippen LogP contribution in [0.25, 0.3) is 0 Å². The van der Waals surface area contributed by atoms with Crippen molar-refractivity contribution in [2.75, 3.05) is 13.7 Å². The molecule has 0 fully saturated rings. The first-order chi connectivity index (χ1) is 10.1. The molecule has 0 saturated heterocycles. The number of carbonyl (C=O) groups is 2. The van der Waals surface area contributed by atoms with Crippen molar-refractivity contribution < 1.29 is 27.9 Å². The van der Waals surface area contributed by atoms with Gasteiger partial charge in [-0.1, -0.05) is 0 Å². The van der Waals surface area contributed by atoms with E-state index in [0.29, 0.717) is 0 Å². The number of amides is 1. The van der Waals surface area contributed by atoms with Gasteiger partial charge in [-0.3, -0.25) is 9.59 Å². The highest BCUT2D eigenvalue weighted by atomic mass is 32.2. The minimum atomic E-state index is -4.09. The van der Waals surface area contributed by atoms with Crippen molar-refractivity contribution in [2.45, 2.75) is 24.8 Å². The van der Waals surface area contributed by atoms with E-state index in [-0.39, 0.29) is 16.2 Å². The van der Waals surface area contributed by atoms with Gasteiger partial charge < -0.3 is 15.6 Å². The Kier molecular flexibility index (Phi) is 5.50. The number of sulfonamides is 1. The summed E-state index contributed by atoms with van der Waals surface area (Å²) in [6.45, 7) is 2.43. The molecule has 0 aliphatic carbocycles. The standard InChI is InChI=1S/C13H18N2O6S/c1-8(2)15(7-12(16)17)22(19,20)9-4-5-11(21-3)10(6-9)13(14)18/h4-6,8H,7H2,1-3H3,(H2,14,18)(H,16,17). The van der Waals surface area contributed by atoms with E-state index in [9.17, 15) is 18.0 Å². The SMILES string of the molecule is COc1ccc(S(=O)(=O)N(CC(=O)O)C(C)C)cc1C(N)=O. The molecule has 0 unspecified atom stereocenters. The number of hydrogen-bond donors (Lipinski definition) is 2. The molecule has 0 atom stereocenters. The van der Waals surface area contributed by atoms with E-state index in [2.05, 4.69) is 0 Å². The summed E-state index contributed by atoms with van der Waals surface area (Å²) in [5.41, 5.74) is 5.10. The lowest BCUT2D eigenvalue weighted by Gasteiger charge is -2.24. The first kappa shape index (κ1) is 17.9. The molecule has 3 N–H and O–H groups in total. The summed E-state index contributed by atoms with van der Waals surface area (Å²) < 4.78 is 30.9.